The first-order valence-electron chi connectivity index (χ1n) is 6.27. The molecule has 0 fully saturated rings. The minimum absolute atomic E-state index is 0.300. The van der Waals surface area contributed by atoms with Crippen molar-refractivity contribution in [2.45, 2.75) is 43.9 Å². The van der Waals surface area contributed by atoms with Gasteiger partial charge in [0.05, 0.1) is 11.7 Å². The lowest BCUT2D eigenvalue weighted by atomic mass is 10.0. The Kier molecular flexibility index (Phi) is 6.20. The van der Waals surface area contributed by atoms with Crippen molar-refractivity contribution in [2.24, 2.45) is 5.92 Å². The van der Waals surface area contributed by atoms with Gasteiger partial charge in [-0.3, -0.25) is 0 Å². The number of hydrogen-bond donors (Lipinski definition) is 1. The van der Waals surface area contributed by atoms with Crippen molar-refractivity contribution in [1.29, 1.82) is 0 Å². The highest BCUT2D eigenvalue weighted by Gasteiger charge is 2.29. The van der Waals surface area contributed by atoms with E-state index in [-0.39, 0.29) is 6.10 Å². The molecule has 5 heteroatoms. The molecule has 1 rings (SSSR count). The molecule has 0 heterocycles. The molecule has 0 saturated carbocycles. The summed E-state index contributed by atoms with van der Waals surface area (Å²) in [6.07, 6.45) is -2.87. The van der Waals surface area contributed by atoms with Crippen molar-refractivity contribution in [1.82, 2.24) is 0 Å². The highest BCUT2D eigenvalue weighted by atomic mass is 32.2. The van der Waals surface area contributed by atoms with E-state index in [1.54, 1.807) is 18.7 Å². The molecule has 0 spiro atoms. The van der Waals surface area contributed by atoms with Crippen molar-refractivity contribution >= 4 is 11.8 Å². The van der Waals surface area contributed by atoms with Gasteiger partial charge in [0.2, 0.25) is 0 Å². The largest absolute Gasteiger partial charge is 0.416 e. The van der Waals surface area contributed by atoms with E-state index >= 15 is 0 Å². The fraction of sp³-hybridized carbons (Fsp3) is 0.571. The van der Waals surface area contributed by atoms with Gasteiger partial charge in [0, 0.05) is 4.90 Å². The van der Waals surface area contributed by atoms with E-state index in [4.69, 9.17) is 0 Å². The van der Waals surface area contributed by atoms with Crippen molar-refractivity contribution in [2.75, 3.05) is 5.75 Å². The minimum atomic E-state index is -4.27. The van der Waals surface area contributed by atoms with Crippen LogP contribution in [0.1, 0.15) is 32.3 Å². The number of thioether (sulfide) groups is 1. The Hall–Kier alpha value is -0.680. The monoisotopic (exact) mass is 292 g/mol. The van der Waals surface area contributed by atoms with E-state index in [1.165, 1.54) is 12.1 Å². The minimum Gasteiger partial charge on any atom is -0.393 e. The SMILES string of the molecule is CC(O)CC(C)CCSc1ccc(C(F)(F)F)cc1. The lowest BCUT2D eigenvalue weighted by Gasteiger charge is -2.13. The maximum absolute atomic E-state index is 12.4. The maximum atomic E-state index is 12.4. The molecule has 1 aromatic carbocycles. The zero-order valence-corrected chi connectivity index (χ0v) is 11.9. The van der Waals surface area contributed by atoms with Crippen LogP contribution in [0.3, 0.4) is 0 Å². The topological polar surface area (TPSA) is 20.2 Å². The van der Waals surface area contributed by atoms with Gasteiger partial charge in [-0.2, -0.15) is 13.2 Å². The predicted molar refractivity (Wildman–Crippen MR) is 72.2 cm³/mol. The van der Waals surface area contributed by atoms with Crippen molar-refractivity contribution in [3.05, 3.63) is 29.8 Å². The number of benzene rings is 1. The number of hydrogen-bond acceptors (Lipinski definition) is 2. The fourth-order valence-corrected chi connectivity index (χ4v) is 2.90. The summed E-state index contributed by atoms with van der Waals surface area (Å²) < 4.78 is 37.1. The molecule has 0 aliphatic rings. The average molecular weight is 292 g/mol. The summed E-state index contributed by atoms with van der Waals surface area (Å²) in [5.41, 5.74) is -0.612. The summed E-state index contributed by atoms with van der Waals surface area (Å²) in [7, 11) is 0. The Labute approximate surface area is 116 Å². The second-order valence-electron chi connectivity index (χ2n) is 4.85. The summed E-state index contributed by atoms with van der Waals surface area (Å²) in [4.78, 5) is 0.845. The van der Waals surface area contributed by atoms with Crippen LogP contribution in [0, 0.1) is 5.92 Å². The third-order valence-electron chi connectivity index (χ3n) is 2.80. The molecule has 1 aromatic rings. The molecule has 2 atom stereocenters. The molecular weight excluding hydrogens is 273 g/mol. The number of halogens is 3. The number of rotatable bonds is 6. The summed E-state index contributed by atoms with van der Waals surface area (Å²) in [5.74, 6) is 1.26. The second kappa shape index (κ2) is 7.20. The summed E-state index contributed by atoms with van der Waals surface area (Å²) in [6, 6.07) is 5.24. The molecule has 108 valence electrons. The molecule has 1 N–H and O–H groups in total. The van der Waals surface area contributed by atoms with E-state index in [0.29, 0.717) is 5.92 Å². The van der Waals surface area contributed by atoms with E-state index in [0.717, 1.165) is 35.6 Å². The van der Waals surface area contributed by atoms with Gasteiger partial charge in [-0.15, -0.1) is 11.8 Å². The molecule has 0 saturated heterocycles. The van der Waals surface area contributed by atoms with E-state index in [9.17, 15) is 18.3 Å². The normalized spacial score (nSPS) is 15.3. The maximum Gasteiger partial charge on any atom is 0.416 e. The smallest absolute Gasteiger partial charge is 0.393 e. The molecule has 0 aliphatic carbocycles. The number of aliphatic hydroxyl groups is 1. The lowest BCUT2D eigenvalue weighted by Crippen LogP contribution is -2.07. The van der Waals surface area contributed by atoms with Crippen LogP contribution in [0.2, 0.25) is 0 Å². The zero-order chi connectivity index (χ0) is 14.5. The van der Waals surface area contributed by atoms with Crippen LogP contribution < -0.4 is 0 Å². The van der Waals surface area contributed by atoms with Crippen molar-refractivity contribution in [3.63, 3.8) is 0 Å². The van der Waals surface area contributed by atoms with Crippen LogP contribution in [-0.2, 0) is 6.18 Å². The first-order valence-corrected chi connectivity index (χ1v) is 7.25. The van der Waals surface area contributed by atoms with Crippen molar-refractivity contribution in [3.8, 4) is 0 Å². The Morgan fingerprint density at radius 1 is 1.16 bits per heavy atom. The van der Waals surface area contributed by atoms with Crippen LogP contribution in [0.15, 0.2) is 29.2 Å². The van der Waals surface area contributed by atoms with Gasteiger partial charge in [0.15, 0.2) is 0 Å². The third-order valence-corrected chi connectivity index (χ3v) is 3.85. The van der Waals surface area contributed by atoms with Gasteiger partial charge < -0.3 is 5.11 Å². The first kappa shape index (κ1) is 16.4. The Morgan fingerprint density at radius 3 is 2.21 bits per heavy atom. The Balaban J connectivity index is 2.38. The average Bonchev–Trinajstić information content (AvgIpc) is 2.27. The fourth-order valence-electron chi connectivity index (χ4n) is 1.82. The Bertz CT molecular complexity index is 373. The molecule has 0 bridgehead atoms. The number of alkyl halides is 3. The molecule has 2 unspecified atom stereocenters. The van der Waals surface area contributed by atoms with E-state index < -0.39 is 11.7 Å². The molecule has 0 aromatic heterocycles. The van der Waals surface area contributed by atoms with Crippen LogP contribution >= 0.6 is 11.8 Å². The zero-order valence-electron chi connectivity index (χ0n) is 11.1. The van der Waals surface area contributed by atoms with Crippen LogP contribution in [0.5, 0.6) is 0 Å². The third kappa shape index (κ3) is 6.34. The number of aliphatic hydroxyl groups excluding tert-OH is 1. The van der Waals surface area contributed by atoms with Crippen LogP contribution in [0.4, 0.5) is 13.2 Å². The molecular formula is C14H19F3OS. The summed E-state index contributed by atoms with van der Waals surface area (Å²) in [6.45, 7) is 3.83. The van der Waals surface area contributed by atoms with Crippen molar-refractivity contribution < 1.29 is 18.3 Å². The van der Waals surface area contributed by atoms with Gasteiger partial charge in [-0.05, 0) is 55.7 Å². The van der Waals surface area contributed by atoms with Gasteiger partial charge in [0.25, 0.3) is 0 Å². The highest BCUT2D eigenvalue weighted by molar-refractivity contribution is 7.99. The van der Waals surface area contributed by atoms with Gasteiger partial charge >= 0.3 is 6.18 Å². The van der Waals surface area contributed by atoms with Crippen LogP contribution in [-0.4, -0.2) is 17.0 Å². The van der Waals surface area contributed by atoms with Crippen LogP contribution in [0.25, 0.3) is 0 Å². The van der Waals surface area contributed by atoms with Gasteiger partial charge in [-0.25, -0.2) is 0 Å². The standard InChI is InChI=1S/C14H19F3OS/c1-10(9-11(2)18)7-8-19-13-5-3-12(4-6-13)14(15,16)17/h3-6,10-11,18H,7-9H2,1-2H3. The summed E-state index contributed by atoms with van der Waals surface area (Å²) in [5, 5.41) is 9.23. The first-order chi connectivity index (χ1) is 8.79. The lowest BCUT2D eigenvalue weighted by molar-refractivity contribution is -0.137. The second-order valence-corrected chi connectivity index (χ2v) is 6.02. The molecule has 0 aliphatic heterocycles. The highest BCUT2D eigenvalue weighted by Crippen LogP contribution is 2.31. The Morgan fingerprint density at radius 2 is 1.74 bits per heavy atom. The molecule has 19 heavy (non-hydrogen) atoms. The molecule has 1 nitrogen and oxygen atoms in total. The summed E-state index contributed by atoms with van der Waals surface area (Å²) >= 11 is 1.55. The van der Waals surface area contributed by atoms with E-state index in [1.807, 2.05) is 0 Å². The van der Waals surface area contributed by atoms with Gasteiger partial charge in [0.1, 0.15) is 0 Å². The van der Waals surface area contributed by atoms with Gasteiger partial charge in [-0.1, -0.05) is 6.92 Å². The quantitative estimate of drug-likeness (QED) is 0.774. The molecule has 0 amide bonds. The predicted octanol–water partition coefficient (Wildman–Crippen LogP) is 4.59. The van der Waals surface area contributed by atoms with E-state index in [2.05, 4.69) is 6.92 Å². The molecule has 0 radical (unpaired) electrons.